The fourth-order valence-electron chi connectivity index (χ4n) is 1.87. The van der Waals surface area contributed by atoms with Crippen molar-refractivity contribution in [1.29, 1.82) is 0 Å². The first kappa shape index (κ1) is 11.6. The molecular formula is C15H18N2. The molecule has 0 amide bonds. The first-order valence-corrected chi connectivity index (χ1v) is 6.12. The lowest BCUT2D eigenvalue weighted by atomic mass is 10.1. The number of rotatable bonds is 5. The Kier molecular flexibility index (Phi) is 4.14. The molecule has 2 rings (SSSR count). The highest BCUT2D eigenvalue weighted by Crippen LogP contribution is 2.15. The van der Waals surface area contributed by atoms with Crippen molar-refractivity contribution >= 4 is 5.69 Å². The smallest absolute Gasteiger partial charge is 0.0421 e. The van der Waals surface area contributed by atoms with Gasteiger partial charge in [0.2, 0.25) is 0 Å². The summed E-state index contributed by atoms with van der Waals surface area (Å²) in [5.74, 6) is 0. The van der Waals surface area contributed by atoms with Crippen LogP contribution in [0.2, 0.25) is 0 Å². The number of anilines is 1. The number of nitrogens with one attached hydrogen (secondary N) is 1. The van der Waals surface area contributed by atoms with Gasteiger partial charge in [-0.25, -0.2) is 0 Å². The van der Waals surface area contributed by atoms with Crippen LogP contribution in [-0.4, -0.2) is 11.5 Å². The van der Waals surface area contributed by atoms with Crippen molar-refractivity contribution < 1.29 is 0 Å². The molecule has 0 fully saturated rings. The Balaban J connectivity index is 1.90. The number of aromatic nitrogens is 1. The molecule has 1 N–H and O–H groups in total. The van der Waals surface area contributed by atoms with E-state index in [2.05, 4.69) is 47.6 Å². The zero-order valence-corrected chi connectivity index (χ0v) is 10.2. The van der Waals surface area contributed by atoms with Crippen molar-refractivity contribution in [2.75, 3.05) is 11.9 Å². The lowest BCUT2D eigenvalue weighted by Crippen LogP contribution is -2.07. The van der Waals surface area contributed by atoms with E-state index < -0.39 is 0 Å². The Morgan fingerprint density at radius 1 is 1.06 bits per heavy atom. The minimum Gasteiger partial charge on any atom is -0.384 e. The molecule has 0 saturated heterocycles. The summed E-state index contributed by atoms with van der Waals surface area (Å²) in [6, 6.07) is 14.5. The van der Waals surface area contributed by atoms with Gasteiger partial charge in [-0.3, -0.25) is 4.98 Å². The Morgan fingerprint density at radius 2 is 1.88 bits per heavy atom. The van der Waals surface area contributed by atoms with Crippen LogP contribution < -0.4 is 5.32 Å². The van der Waals surface area contributed by atoms with Crippen LogP contribution in [0.3, 0.4) is 0 Å². The Bertz CT molecular complexity index is 451. The number of nitrogens with zero attached hydrogens (tertiary/aromatic N) is 1. The number of aryl methyl sites for hydroxylation is 1. The van der Waals surface area contributed by atoms with Gasteiger partial charge in [-0.1, -0.05) is 31.2 Å². The molecule has 0 bridgehead atoms. The van der Waals surface area contributed by atoms with Crippen LogP contribution in [0.1, 0.15) is 18.2 Å². The van der Waals surface area contributed by atoms with Crippen LogP contribution in [0.4, 0.5) is 5.69 Å². The molecule has 1 aromatic heterocycles. The van der Waals surface area contributed by atoms with E-state index in [9.17, 15) is 0 Å². The fraction of sp³-hybridized carbons (Fsp3) is 0.267. The number of hydrogen-bond donors (Lipinski definition) is 1. The molecular weight excluding hydrogens is 208 g/mol. The second kappa shape index (κ2) is 6.04. The molecule has 1 aromatic carbocycles. The molecule has 0 atom stereocenters. The fourth-order valence-corrected chi connectivity index (χ4v) is 1.87. The summed E-state index contributed by atoms with van der Waals surface area (Å²) in [5, 5.41) is 3.47. The van der Waals surface area contributed by atoms with E-state index in [0.29, 0.717) is 0 Å². The number of para-hydroxylation sites is 1. The number of pyridine rings is 1. The van der Waals surface area contributed by atoms with E-state index in [1.165, 1.54) is 11.3 Å². The molecule has 0 radical (unpaired) electrons. The van der Waals surface area contributed by atoms with Crippen molar-refractivity contribution in [3.8, 4) is 0 Å². The van der Waals surface area contributed by atoms with E-state index >= 15 is 0 Å². The highest BCUT2D eigenvalue weighted by molar-refractivity contribution is 5.51. The maximum Gasteiger partial charge on any atom is 0.0421 e. The van der Waals surface area contributed by atoms with E-state index in [1.807, 2.05) is 18.3 Å². The second-order valence-electron chi connectivity index (χ2n) is 4.01. The first-order valence-electron chi connectivity index (χ1n) is 6.12. The van der Waals surface area contributed by atoms with Crippen LogP contribution >= 0.6 is 0 Å². The third-order valence-corrected chi connectivity index (χ3v) is 2.82. The molecule has 0 saturated carbocycles. The van der Waals surface area contributed by atoms with Gasteiger partial charge < -0.3 is 5.32 Å². The Morgan fingerprint density at radius 3 is 2.65 bits per heavy atom. The summed E-state index contributed by atoms with van der Waals surface area (Å²) in [5.41, 5.74) is 3.74. The average Bonchev–Trinajstić information content (AvgIpc) is 2.40. The molecule has 1 heterocycles. The van der Waals surface area contributed by atoms with Crippen LogP contribution in [0.15, 0.2) is 48.7 Å². The van der Waals surface area contributed by atoms with Gasteiger partial charge in [-0.2, -0.15) is 0 Å². The van der Waals surface area contributed by atoms with Gasteiger partial charge in [0, 0.05) is 30.5 Å². The molecule has 0 spiro atoms. The zero-order valence-electron chi connectivity index (χ0n) is 10.2. The topological polar surface area (TPSA) is 24.9 Å². The Labute approximate surface area is 103 Å². The normalized spacial score (nSPS) is 10.2. The van der Waals surface area contributed by atoms with Gasteiger partial charge in [-0.05, 0) is 30.2 Å². The molecule has 2 heteroatoms. The van der Waals surface area contributed by atoms with Crippen molar-refractivity contribution in [1.82, 2.24) is 4.98 Å². The maximum atomic E-state index is 4.31. The van der Waals surface area contributed by atoms with Gasteiger partial charge >= 0.3 is 0 Å². The van der Waals surface area contributed by atoms with Gasteiger partial charge in [0.1, 0.15) is 0 Å². The highest BCUT2D eigenvalue weighted by atomic mass is 14.9. The molecule has 0 aliphatic carbocycles. The summed E-state index contributed by atoms with van der Waals surface area (Å²) in [6.45, 7) is 3.10. The maximum absolute atomic E-state index is 4.31. The average molecular weight is 226 g/mol. The van der Waals surface area contributed by atoms with Gasteiger partial charge in [0.05, 0.1) is 0 Å². The predicted molar refractivity (Wildman–Crippen MR) is 72.3 cm³/mol. The number of benzene rings is 1. The summed E-state index contributed by atoms with van der Waals surface area (Å²) in [4.78, 5) is 4.31. The summed E-state index contributed by atoms with van der Waals surface area (Å²) in [7, 11) is 0. The quantitative estimate of drug-likeness (QED) is 0.846. The predicted octanol–water partition coefficient (Wildman–Crippen LogP) is 3.30. The largest absolute Gasteiger partial charge is 0.384 e. The molecule has 17 heavy (non-hydrogen) atoms. The molecule has 0 unspecified atom stereocenters. The second-order valence-corrected chi connectivity index (χ2v) is 4.01. The van der Waals surface area contributed by atoms with Crippen molar-refractivity contribution in [2.24, 2.45) is 0 Å². The van der Waals surface area contributed by atoms with Crippen molar-refractivity contribution in [2.45, 2.75) is 19.8 Å². The molecule has 2 nitrogen and oxygen atoms in total. The van der Waals surface area contributed by atoms with Crippen LogP contribution in [0.5, 0.6) is 0 Å². The zero-order chi connectivity index (χ0) is 11.9. The monoisotopic (exact) mass is 226 g/mol. The van der Waals surface area contributed by atoms with Gasteiger partial charge in [0.25, 0.3) is 0 Å². The Hall–Kier alpha value is -1.83. The first-order chi connectivity index (χ1) is 8.40. The summed E-state index contributed by atoms with van der Waals surface area (Å²) >= 11 is 0. The molecule has 88 valence electrons. The third-order valence-electron chi connectivity index (χ3n) is 2.82. The third kappa shape index (κ3) is 3.31. The van der Waals surface area contributed by atoms with E-state index in [-0.39, 0.29) is 0 Å². The van der Waals surface area contributed by atoms with Crippen molar-refractivity contribution in [3.63, 3.8) is 0 Å². The van der Waals surface area contributed by atoms with Crippen LogP contribution in [0, 0.1) is 0 Å². The van der Waals surface area contributed by atoms with Gasteiger partial charge in [-0.15, -0.1) is 0 Å². The van der Waals surface area contributed by atoms with Crippen LogP contribution in [0.25, 0.3) is 0 Å². The number of hydrogen-bond acceptors (Lipinski definition) is 2. The van der Waals surface area contributed by atoms with E-state index in [4.69, 9.17) is 0 Å². The molecule has 0 aliphatic heterocycles. The summed E-state index contributed by atoms with van der Waals surface area (Å²) < 4.78 is 0. The molecule has 0 aliphatic rings. The minimum absolute atomic E-state index is 0.925. The minimum atomic E-state index is 0.925. The van der Waals surface area contributed by atoms with Crippen LogP contribution in [-0.2, 0) is 12.8 Å². The molecule has 2 aromatic rings. The lowest BCUT2D eigenvalue weighted by molar-refractivity contribution is 0.956. The summed E-state index contributed by atoms with van der Waals surface area (Å²) in [6.07, 6.45) is 3.86. The standard InChI is InChI=1S/C15H18N2/c1-2-13-7-3-4-9-15(13)17-12-10-14-8-5-6-11-16-14/h3-9,11,17H,2,10,12H2,1H3. The highest BCUT2D eigenvalue weighted by Gasteiger charge is 1.98. The van der Waals surface area contributed by atoms with E-state index in [1.54, 1.807) is 0 Å². The van der Waals surface area contributed by atoms with Gasteiger partial charge in [0.15, 0.2) is 0 Å². The lowest BCUT2D eigenvalue weighted by Gasteiger charge is -2.10. The van der Waals surface area contributed by atoms with Crippen molar-refractivity contribution in [3.05, 3.63) is 59.9 Å². The van der Waals surface area contributed by atoms with E-state index in [0.717, 1.165) is 25.1 Å². The SMILES string of the molecule is CCc1ccccc1NCCc1ccccn1.